The largest absolute Gasteiger partial charge is 0.466 e. The Balaban J connectivity index is 3.33. The molecule has 0 bridgehead atoms. The Hall–Kier alpha value is -2.46. The normalized spacial score (nSPS) is 13.0. The molecule has 1 aromatic rings. The van der Waals surface area contributed by atoms with Crippen molar-refractivity contribution < 1.29 is 45.4 Å². The Bertz CT molecular complexity index is 706. The number of nitrogens with one attached hydrogen (secondary N) is 1. The molecule has 0 aliphatic rings. The fourth-order valence-electron chi connectivity index (χ4n) is 2.48. The number of carbonyl (C=O) groups excluding carboxylic acids is 2. The molecule has 0 radical (unpaired) electrons. The van der Waals surface area contributed by atoms with Crippen LogP contribution in [0.3, 0.4) is 0 Å². The summed E-state index contributed by atoms with van der Waals surface area (Å²) in [5, 5.41) is 2.20. The van der Waals surface area contributed by atoms with Crippen molar-refractivity contribution in [2.75, 3.05) is 11.9 Å². The highest BCUT2D eigenvalue weighted by Crippen LogP contribution is 2.54. The first-order valence-corrected chi connectivity index (χ1v) is 8.43. The van der Waals surface area contributed by atoms with Crippen molar-refractivity contribution in [3.05, 3.63) is 29.8 Å². The van der Waals surface area contributed by atoms with Gasteiger partial charge < -0.3 is 9.47 Å². The highest BCUT2D eigenvalue weighted by Gasteiger charge is 2.72. The van der Waals surface area contributed by atoms with Gasteiger partial charge >= 0.3 is 24.4 Å². The van der Waals surface area contributed by atoms with Crippen molar-refractivity contribution in [1.29, 1.82) is 0 Å². The number of halogens is 6. The summed E-state index contributed by atoms with van der Waals surface area (Å²) in [5.41, 5.74) is -6.61. The number of alkyl halides is 6. The highest BCUT2D eigenvalue weighted by atomic mass is 19.4. The number of benzene rings is 1. The van der Waals surface area contributed by atoms with Gasteiger partial charge in [0.25, 0.3) is 0 Å². The third-order valence-corrected chi connectivity index (χ3v) is 3.71. The molecule has 29 heavy (non-hydrogen) atoms. The molecule has 0 heterocycles. The summed E-state index contributed by atoms with van der Waals surface area (Å²) in [7, 11) is 0. The molecule has 5 nitrogen and oxygen atoms in total. The summed E-state index contributed by atoms with van der Waals surface area (Å²) in [4.78, 5) is 23.3. The van der Waals surface area contributed by atoms with Crippen LogP contribution in [0.4, 0.5) is 36.8 Å². The fourth-order valence-corrected chi connectivity index (χ4v) is 2.48. The Morgan fingerprint density at radius 1 is 0.931 bits per heavy atom. The van der Waals surface area contributed by atoms with E-state index in [4.69, 9.17) is 4.74 Å². The predicted molar refractivity (Wildman–Crippen MR) is 91.3 cm³/mol. The molecule has 0 saturated heterocycles. The second-order valence-electron chi connectivity index (χ2n) is 7.09. The van der Waals surface area contributed by atoms with Crippen molar-refractivity contribution in [2.24, 2.45) is 0 Å². The van der Waals surface area contributed by atoms with Gasteiger partial charge in [0.2, 0.25) is 0 Å². The smallest absolute Gasteiger partial charge is 0.412 e. The first-order valence-electron chi connectivity index (χ1n) is 8.43. The molecule has 164 valence electrons. The number of hydrogen-bond acceptors (Lipinski definition) is 4. The van der Waals surface area contributed by atoms with E-state index in [1.54, 1.807) is 20.8 Å². The van der Waals surface area contributed by atoms with Crippen molar-refractivity contribution in [3.63, 3.8) is 0 Å². The number of rotatable bonds is 5. The number of amides is 1. The summed E-state index contributed by atoms with van der Waals surface area (Å²) in [6.07, 6.45) is -14.6. The van der Waals surface area contributed by atoms with Gasteiger partial charge in [0.15, 0.2) is 5.41 Å². The molecular formula is C18H21F6NO4. The van der Waals surface area contributed by atoms with Crippen LogP contribution >= 0.6 is 0 Å². The van der Waals surface area contributed by atoms with E-state index in [9.17, 15) is 35.9 Å². The highest BCUT2D eigenvalue weighted by molar-refractivity contribution is 5.84. The zero-order valence-electron chi connectivity index (χ0n) is 16.1. The van der Waals surface area contributed by atoms with E-state index in [1.807, 2.05) is 0 Å². The molecule has 0 saturated carbocycles. The molecule has 0 atom stereocenters. The standard InChI is InChI=1S/C18H21F6NO4/c1-5-28-13(26)10-16(17(19,20)21,18(22,23)24)11-6-8-12(9-7-11)25-14(27)29-15(2,3)4/h6-9H,5,10H2,1-4H3,(H,25,27). The Morgan fingerprint density at radius 3 is 1.79 bits per heavy atom. The zero-order chi connectivity index (χ0) is 22.7. The molecule has 0 unspecified atom stereocenters. The quantitative estimate of drug-likeness (QED) is 0.506. The van der Waals surface area contributed by atoms with Gasteiger partial charge in [-0.1, -0.05) is 12.1 Å². The summed E-state index contributed by atoms with van der Waals surface area (Å²) in [6.45, 7) is 5.62. The van der Waals surface area contributed by atoms with Crippen molar-refractivity contribution in [1.82, 2.24) is 0 Å². The van der Waals surface area contributed by atoms with Crippen LogP contribution < -0.4 is 5.32 Å². The predicted octanol–water partition coefficient (Wildman–Crippen LogP) is 5.35. The lowest BCUT2D eigenvalue weighted by atomic mass is 9.76. The lowest BCUT2D eigenvalue weighted by Crippen LogP contribution is -2.55. The minimum absolute atomic E-state index is 0.0858. The second-order valence-corrected chi connectivity index (χ2v) is 7.09. The molecule has 1 aromatic carbocycles. The van der Waals surface area contributed by atoms with Crippen LogP contribution in [0.1, 0.15) is 39.7 Å². The Morgan fingerprint density at radius 2 is 1.41 bits per heavy atom. The Labute approximate surface area is 163 Å². The van der Waals surface area contributed by atoms with E-state index >= 15 is 0 Å². The number of carbonyl (C=O) groups is 2. The number of ether oxygens (including phenoxy) is 2. The van der Waals surface area contributed by atoms with E-state index in [-0.39, 0.29) is 12.3 Å². The third-order valence-electron chi connectivity index (χ3n) is 3.71. The van der Waals surface area contributed by atoms with Crippen LogP contribution in [0.2, 0.25) is 0 Å². The van der Waals surface area contributed by atoms with Crippen LogP contribution in [0.5, 0.6) is 0 Å². The van der Waals surface area contributed by atoms with Gasteiger partial charge in [0, 0.05) is 5.69 Å². The van der Waals surface area contributed by atoms with Crippen molar-refractivity contribution in [2.45, 2.75) is 57.5 Å². The molecule has 0 aromatic heterocycles. The van der Waals surface area contributed by atoms with Gasteiger partial charge in [-0.05, 0) is 45.4 Å². The molecule has 0 aliphatic carbocycles. The third kappa shape index (κ3) is 6.01. The molecule has 11 heteroatoms. The van der Waals surface area contributed by atoms with Gasteiger partial charge in [-0.15, -0.1) is 0 Å². The number of anilines is 1. The summed E-state index contributed by atoms with van der Waals surface area (Å²) < 4.78 is 91.1. The van der Waals surface area contributed by atoms with Crippen LogP contribution in [0.25, 0.3) is 0 Å². The van der Waals surface area contributed by atoms with E-state index in [2.05, 4.69) is 10.1 Å². The van der Waals surface area contributed by atoms with Crippen molar-refractivity contribution in [3.8, 4) is 0 Å². The average molecular weight is 429 g/mol. The van der Waals surface area contributed by atoms with E-state index in [0.29, 0.717) is 12.1 Å². The van der Waals surface area contributed by atoms with E-state index < -0.39 is 47.4 Å². The molecular weight excluding hydrogens is 408 g/mol. The van der Waals surface area contributed by atoms with Crippen LogP contribution in [-0.2, 0) is 19.7 Å². The monoisotopic (exact) mass is 429 g/mol. The number of hydrogen-bond donors (Lipinski definition) is 1. The SMILES string of the molecule is CCOC(=O)CC(c1ccc(NC(=O)OC(C)(C)C)cc1)(C(F)(F)F)C(F)(F)F. The van der Waals surface area contributed by atoms with Crippen molar-refractivity contribution >= 4 is 17.7 Å². The minimum atomic E-state index is -5.84. The van der Waals surface area contributed by atoms with Crippen LogP contribution in [-0.4, -0.2) is 36.6 Å². The summed E-state index contributed by atoms with van der Waals surface area (Å²) in [6, 6.07) is 2.81. The maximum Gasteiger partial charge on any atom is 0.412 e. The van der Waals surface area contributed by atoms with Crippen LogP contribution in [0.15, 0.2) is 24.3 Å². The minimum Gasteiger partial charge on any atom is -0.466 e. The van der Waals surface area contributed by atoms with Gasteiger partial charge in [-0.25, -0.2) is 4.79 Å². The van der Waals surface area contributed by atoms with Gasteiger partial charge in [0.05, 0.1) is 13.0 Å². The molecule has 1 rings (SSSR count). The summed E-state index contributed by atoms with van der Waals surface area (Å²) >= 11 is 0. The second kappa shape index (κ2) is 8.50. The molecule has 0 spiro atoms. The first-order chi connectivity index (χ1) is 13.0. The number of esters is 1. The van der Waals surface area contributed by atoms with E-state index in [0.717, 1.165) is 12.1 Å². The molecule has 1 N–H and O–H groups in total. The van der Waals surface area contributed by atoms with Gasteiger partial charge in [-0.3, -0.25) is 10.1 Å². The maximum atomic E-state index is 13.6. The average Bonchev–Trinajstić information content (AvgIpc) is 2.49. The van der Waals surface area contributed by atoms with Gasteiger partial charge in [-0.2, -0.15) is 26.3 Å². The van der Waals surface area contributed by atoms with Gasteiger partial charge in [0.1, 0.15) is 5.60 Å². The Kier molecular flexibility index (Phi) is 7.20. The lowest BCUT2D eigenvalue weighted by molar-refractivity contribution is -0.305. The fraction of sp³-hybridized carbons (Fsp3) is 0.556. The zero-order valence-corrected chi connectivity index (χ0v) is 16.1. The topological polar surface area (TPSA) is 64.6 Å². The first kappa shape index (κ1) is 24.6. The summed E-state index contributed by atoms with van der Waals surface area (Å²) in [5.74, 6) is -1.64. The maximum absolute atomic E-state index is 13.6. The molecule has 0 aliphatic heterocycles. The van der Waals surface area contributed by atoms with E-state index in [1.165, 1.54) is 6.92 Å². The van der Waals surface area contributed by atoms with Crippen LogP contribution in [0, 0.1) is 0 Å². The molecule has 0 fully saturated rings. The lowest BCUT2D eigenvalue weighted by Gasteiger charge is -2.37. The molecule has 1 amide bonds.